The molecule has 0 aliphatic carbocycles. The van der Waals surface area contributed by atoms with Crippen molar-refractivity contribution in [2.75, 3.05) is 0 Å². The minimum absolute atomic E-state index is 0.0468. The molecule has 0 radical (unpaired) electrons. The van der Waals surface area contributed by atoms with E-state index in [1.807, 2.05) is 19.1 Å². The highest BCUT2D eigenvalue weighted by atomic mass is 35.5. The summed E-state index contributed by atoms with van der Waals surface area (Å²) in [7, 11) is 0. The van der Waals surface area contributed by atoms with E-state index in [0.29, 0.717) is 10.6 Å². The Morgan fingerprint density at radius 2 is 1.90 bits per heavy atom. The summed E-state index contributed by atoms with van der Waals surface area (Å²) in [5.74, 6) is -0.294. The van der Waals surface area contributed by atoms with Gasteiger partial charge >= 0.3 is 0 Å². The molecular formula is C15H13ClN2O3. The minimum atomic E-state index is -0.504. The van der Waals surface area contributed by atoms with Crippen LogP contribution in [-0.4, -0.2) is 10.8 Å². The van der Waals surface area contributed by atoms with Crippen LogP contribution in [0.4, 0.5) is 5.69 Å². The van der Waals surface area contributed by atoms with E-state index in [2.05, 4.69) is 5.32 Å². The highest BCUT2D eigenvalue weighted by Crippen LogP contribution is 2.18. The summed E-state index contributed by atoms with van der Waals surface area (Å²) in [6.45, 7) is 1.84. The molecule has 2 aromatic rings. The standard InChI is InChI=1S/C15H13ClN2O3/c1-10(12-3-2-4-13(16)9-12)17-15(19)11-5-7-14(8-6-11)18(20)21/h2-10H,1H3,(H,17,19)/t10-/m1/s1. The lowest BCUT2D eigenvalue weighted by molar-refractivity contribution is -0.384. The average Bonchev–Trinajstić information content (AvgIpc) is 2.47. The number of nitro benzene ring substituents is 1. The normalized spacial score (nSPS) is 11.7. The molecule has 0 heterocycles. The highest BCUT2D eigenvalue weighted by Gasteiger charge is 2.13. The first kappa shape index (κ1) is 15.0. The Balaban J connectivity index is 2.08. The zero-order valence-corrected chi connectivity index (χ0v) is 12.0. The molecule has 1 N–H and O–H groups in total. The highest BCUT2D eigenvalue weighted by molar-refractivity contribution is 6.30. The third-order valence-corrected chi connectivity index (χ3v) is 3.27. The monoisotopic (exact) mass is 304 g/mol. The van der Waals surface area contributed by atoms with Gasteiger partial charge in [0.1, 0.15) is 0 Å². The molecule has 0 saturated heterocycles. The lowest BCUT2D eigenvalue weighted by Gasteiger charge is -2.14. The van der Waals surface area contributed by atoms with Crippen LogP contribution in [0.5, 0.6) is 0 Å². The quantitative estimate of drug-likeness (QED) is 0.691. The predicted molar refractivity (Wildman–Crippen MR) is 80.4 cm³/mol. The molecule has 2 aromatic carbocycles. The van der Waals surface area contributed by atoms with E-state index in [9.17, 15) is 14.9 Å². The maximum Gasteiger partial charge on any atom is 0.269 e. The van der Waals surface area contributed by atoms with E-state index >= 15 is 0 Å². The van der Waals surface area contributed by atoms with Crippen LogP contribution in [0, 0.1) is 10.1 Å². The second-order valence-electron chi connectivity index (χ2n) is 4.55. The molecule has 21 heavy (non-hydrogen) atoms. The van der Waals surface area contributed by atoms with Gasteiger partial charge in [0.05, 0.1) is 11.0 Å². The first-order valence-electron chi connectivity index (χ1n) is 6.28. The van der Waals surface area contributed by atoms with Crippen LogP contribution in [0.2, 0.25) is 5.02 Å². The molecule has 0 aliphatic heterocycles. The molecular weight excluding hydrogens is 292 g/mol. The van der Waals surface area contributed by atoms with Crippen LogP contribution in [0.3, 0.4) is 0 Å². The Hall–Kier alpha value is -2.40. The molecule has 5 nitrogen and oxygen atoms in total. The van der Waals surface area contributed by atoms with E-state index in [1.54, 1.807) is 12.1 Å². The van der Waals surface area contributed by atoms with Crippen molar-refractivity contribution >= 4 is 23.2 Å². The summed E-state index contributed by atoms with van der Waals surface area (Å²) in [6.07, 6.45) is 0. The van der Waals surface area contributed by atoms with Crippen molar-refractivity contribution in [3.05, 3.63) is 74.8 Å². The summed E-state index contributed by atoms with van der Waals surface area (Å²) >= 11 is 5.91. The summed E-state index contributed by atoms with van der Waals surface area (Å²) in [5.41, 5.74) is 1.21. The fraction of sp³-hybridized carbons (Fsp3) is 0.133. The summed E-state index contributed by atoms with van der Waals surface area (Å²) in [5, 5.41) is 14.0. The number of carbonyl (C=O) groups is 1. The molecule has 0 aromatic heterocycles. The Bertz CT molecular complexity index is 671. The van der Waals surface area contributed by atoms with Gasteiger partial charge < -0.3 is 5.32 Å². The fourth-order valence-corrected chi connectivity index (χ4v) is 2.07. The van der Waals surface area contributed by atoms with E-state index in [-0.39, 0.29) is 17.6 Å². The Kier molecular flexibility index (Phi) is 4.55. The van der Waals surface area contributed by atoms with Gasteiger partial charge in [-0.3, -0.25) is 14.9 Å². The largest absolute Gasteiger partial charge is 0.346 e. The summed E-state index contributed by atoms with van der Waals surface area (Å²) in [6, 6.07) is 12.5. The molecule has 0 spiro atoms. The molecule has 6 heteroatoms. The molecule has 2 rings (SSSR count). The van der Waals surface area contributed by atoms with E-state index in [1.165, 1.54) is 24.3 Å². The van der Waals surface area contributed by atoms with Crippen molar-refractivity contribution in [1.82, 2.24) is 5.32 Å². The molecule has 0 aliphatic rings. The van der Waals surface area contributed by atoms with Crippen molar-refractivity contribution in [2.45, 2.75) is 13.0 Å². The number of carbonyl (C=O) groups excluding carboxylic acids is 1. The first-order chi connectivity index (χ1) is 9.97. The van der Waals surface area contributed by atoms with Crippen molar-refractivity contribution < 1.29 is 9.72 Å². The van der Waals surface area contributed by atoms with Gasteiger partial charge in [-0.05, 0) is 36.8 Å². The average molecular weight is 305 g/mol. The van der Waals surface area contributed by atoms with Crippen LogP contribution in [0.25, 0.3) is 0 Å². The van der Waals surface area contributed by atoms with Crippen molar-refractivity contribution in [2.24, 2.45) is 0 Å². The number of nitro groups is 1. The molecule has 0 saturated carbocycles. The third kappa shape index (κ3) is 3.79. The molecule has 1 atom stereocenters. The Morgan fingerprint density at radius 3 is 2.48 bits per heavy atom. The van der Waals surface area contributed by atoms with Gasteiger partial charge in [0.2, 0.25) is 0 Å². The molecule has 0 unspecified atom stereocenters. The molecule has 0 fully saturated rings. The first-order valence-corrected chi connectivity index (χ1v) is 6.66. The van der Waals surface area contributed by atoms with Gasteiger partial charge in [-0.25, -0.2) is 0 Å². The Morgan fingerprint density at radius 1 is 1.24 bits per heavy atom. The second kappa shape index (κ2) is 6.37. The lowest BCUT2D eigenvalue weighted by atomic mass is 10.1. The van der Waals surface area contributed by atoms with E-state index < -0.39 is 4.92 Å². The lowest BCUT2D eigenvalue weighted by Crippen LogP contribution is -2.26. The van der Waals surface area contributed by atoms with Gasteiger partial charge in [-0.1, -0.05) is 23.7 Å². The Labute approximate surface area is 126 Å². The van der Waals surface area contributed by atoms with Crippen LogP contribution in [0.15, 0.2) is 48.5 Å². The minimum Gasteiger partial charge on any atom is -0.346 e. The topological polar surface area (TPSA) is 72.2 Å². The molecule has 0 bridgehead atoms. The van der Waals surface area contributed by atoms with Gasteiger partial charge in [0.25, 0.3) is 11.6 Å². The summed E-state index contributed by atoms with van der Waals surface area (Å²) < 4.78 is 0. The third-order valence-electron chi connectivity index (χ3n) is 3.04. The number of hydrogen-bond donors (Lipinski definition) is 1. The van der Waals surface area contributed by atoms with Crippen molar-refractivity contribution in [1.29, 1.82) is 0 Å². The molecule has 108 valence electrons. The number of rotatable bonds is 4. The maximum atomic E-state index is 12.1. The second-order valence-corrected chi connectivity index (χ2v) is 4.99. The van der Waals surface area contributed by atoms with Crippen LogP contribution < -0.4 is 5.32 Å². The number of hydrogen-bond acceptors (Lipinski definition) is 3. The maximum absolute atomic E-state index is 12.1. The predicted octanol–water partition coefficient (Wildman–Crippen LogP) is 3.74. The number of benzene rings is 2. The number of nitrogens with one attached hydrogen (secondary N) is 1. The van der Waals surface area contributed by atoms with Crippen LogP contribution >= 0.6 is 11.6 Å². The van der Waals surface area contributed by atoms with Gasteiger partial charge in [0.15, 0.2) is 0 Å². The van der Waals surface area contributed by atoms with Crippen LogP contribution in [-0.2, 0) is 0 Å². The number of halogens is 1. The van der Waals surface area contributed by atoms with E-state index in [4.69, 9.17) is 11.6 Å². The van der Waals surface area contributed by atoms with Crippen molar-refractivity contribution in [3.63, 3.8) is 0 Å². The number of amides is 1. The zero-order valence-electron chi connectivity index (χ0n) is 11.2. The SMILES string of the molecule is C[C@@H](NC(=O)c1ccc([N+](=O)[O-])cc1)c1cccc(Cl)c1. The van der Waals surface area contributed by atoms with E-state index in [0.717, 1.165) is 5.56 Å². The zero-order chi connectivity index (χ0) is 15.4. The van der Waals surface area contributed by atoms with Gasteiger partial charge in [-0.2, -0.15) is 0 Å². The van der Waals surface area contributed by atoms with Gasteiger partial charge in [-0.15, -0.1) is 0 Å². The smallest absolute Gasteiger partial charge is 0.269 e. The van der Waals surface area contributed by atoms with Crippen molar-refractivity contribution in [3.8, 4) is 0 Å². The number of non-ortho nitro benzene ring substituents is 1. The van der Waals surface area contributed by atoms with Crippen LogP contribution in [0.1, 0.15) is 28.9 Å². The number of nitrogens with zero attached hydrogens (tertiary/aromatic N) is 1. The fourth-order valence-electron chi connectivity index (χ4n) is 1.87. The summed E-state index contributed by atoms with van der Waals surface area (Å²) in [4.78, 5) is 22.1. The molecule has 1 amide bonds. The van der Waals surface area contributed by atoms with Gasteiger partial charge in [0, 0.05) is 22.7 Å².